The molecule has 5 heteroatoms. The number of aliphatic hydroxyl groups is 1. The Hall–Kier alpha value is -0.390. The zero-order valence-electron chi connectivity index (χ0n) is 9.58. The number of amides is 1. The minimum atomic E-state index is -0.876. The van der Waals surface area contributed by atoms with Crippen molar-refractivity contribution in [2.45, 2.75) is 26.4 Å². The summed E-state index contributed by atoms with van der Waals surface area (Å²) in [5.41, 5.74) is -0.876. The van der Waals surface area contributed by atoms with Crippen molar-refractivity contribution in [2.75, 3.05) is 6.54 Å². The summed E-state index contributed by atoms with van der Waals surface area (Å²) in [6.45, 7) is 5.83. The van der Waals surface area contributed by atoms with Crippen molar-refractivity contribution in [3.63, 3.8) is 0 Å². The molecule has 0 fully saturated rings. The van der Waals surface area contributed by atoms with Crippen LogP contribution in [0.25, 0.3) is 0 Å². The van der Waals surface area contributed by atoms with Gasteiger partial charge in [-0.05, 0) is 40.2 Å². The molecule has 2 N–H and O–H groups in total. The largest absolute Gasteiger partial charge is 0.388 e. The topological polar surface area (TPSA) is 49.3 Å². The van der Waals surface area contributed by atoms with E-state index in [1.54, 1.807) is 6.92 Å². The molecule has 1 heterocycles. The van der Waals surface area contributed by atoms with Gasteiger partial charge in [-0.1, -0.05) is 13.8 Å². The van der Waals surface area contributed by atoms with Gasteiger partial charge in [0.15, 0.2) is 0 Å². The van der Waals surface area contributed by atoms with Gasteiger partial charge in [0.1, 0.15) is 4.88 Å². The molecule has 0 aliphatic rings. The van der Waals surface area contributed by atoms with Crippen molar-refractivity contribution >= 4 is 33.2 Å². The summed E-state index contributed by atoms with van der Waals surface area (Å²) in [6.07, 6.45) is 0. The highest BCUT2D eigenvalue weighted by Gasteiger charge is 2.26. The van der Waals surface area contributed by atoms with Crippen LogP contribution < -0.4 is 5.32 Å². The van der Waals surface area contributed by atoms with Crippen LogP contribution in [0, 0.1) is 5.92 Å². The molecular formula is C11H16BrNO2S. The summed E-state index contributed by atoms with van der Waals surface area (Å²) in [7, 11) is 0. The normalized spacial score (nSPS) is 14.9. The van der Waals surface area contributed by atoms with Gasteiger partial charge in [-0.2, -0.15) is 0 Å². The number of rotatable bonds is 4. The molecule has 1 aromatic heterocycles. The lowest BCUT2D eigenvalue weighted by atomic mass is 9.92. The van der Waals surface area contributed by atoms with Crippen molar-refractivity contribution in [1.29, 1.82) is 0 Å². The van der Waals surface area contributed by atoms with Crippen LogP contribution in [0.15, 0.2) is 15.9 Å². The second-order valence-electron chi connectivity index (χ2n) is 4.29. The van der Waals surface area contributed by atoms with Gasteiger partial charge in [-0.25, -0.2) is 0 Å². The Morgan fingerprint density at radius 2 is 2.31 bits per heavy atom. The van der Waals surface area contributed by atoms with Crippen molar-refractivity contribution in [2.24, 2.45) is 5.92 Å². The van der Waals surface area contributed by atoms with Crippen LogP contribution in [0.5, 0.6) is 0 Å². The minimum absolute atomic E-state index is 0.0968. The lowest BCUT2D eigenvalue weighted by molar-refractivity contribution is 0.0143. The van der Waals surface area contributed by atoms with E-state index in [1.807, 2.05) is 25.3 Å². The first-order chi connectivity index (χ1) is 7.34. The molecule has 1 amide bonds. The maximum absolute atomic E-state index is 11.8. The Morgan fingerprint density at radius 3 is 2.75 bits per heavy atom. The standard InChI is InChI=1S/C11H16BrNO2S/c1-7(2)11(3,15)6-13-10(14)9-8(12)4-5-16-9/h4-5,7,15H,6H2,1-3H3,(H,13,14). The summed E-state index contributed by atoms with van der Waals surface area (Å²) >= 11 is 4.68. The average molecular weight is 306 g/mol. The molecule has 0 aromatic carbocycles. The third-order valence-electron chi connectivity index (χ3n) is 2.67. The monoisotopic (exact) mass is 305 g/mol. The van der Waals surface area contributed by atoms with Crippen molar-refractivity contribution in [3.05, 3.63) is 20.8 Å². The summed E-state index contributed by atoms with van der Waals surface area (Å²) in [4.78, 5) is 12.4. The first-order valence-electron chi connectivity index (χ1n) is 5.08. The Labute approximate surface area is 108 Å². The average Bonchev–Trinajstić information content (AvgIpc) is 2.61. The van der Waals surface area contributed by atoms with E-state index in [-0.39, 0.29) is 18.4 Å². The molecule has 1 rings (SSSR count). The smallest absolute Gasteiger partial charge is 0.262 e. The number of thiophene rings is 1. The highest BCUT2D eigenvalue weighted by Crippen LogP contribution is 2.22. The Morgan fingerprint density at radius 1 is 1.69 bits per heavy atom. The number of nitrogens with one attached hydrogen (secondary N) is 1. The lowest BCUT2D eigenvalue weighted by Crippen LogP contribution is -2.44. The summed E-state index contributed by atoms with van der Waals surface area (Å²) in [5, 5.41) is 14.6. The van der Waals surface area contributed by atoms with E-state index in [0.29, 0.717) is 4.88 Å². The molecule has 0 saturated carbocycles. The quantitative estimate of drug-likeness (QED) is 0.898. The zero-order chi connectivity index (χ0) is 12.3. The first-order valence-corrected chi connectivity index (χ1v) is 6.75. The van der Waals surface area contributed by atoms with Crippen molar-refractivity contribution in [1.82, 2.24) is 5.32 Å². The Kier molecular flexibility index (Phi) is 4.52. The number of halogens is 1. The second kappa shape index (κ2) is 5.29. The predicted octanol–water partition coefficient (Wildman–Crippen LogP) is 2.65. The summed E-state index contributed by atoms with van der Waals surface area (Å²) in [6, 6.07) is 1.83. The van der Waals surface area contributed by atoms with E-state index >= 15 is 0 Å². The van der Waals surface area contributed by atoms with Crippen LogP contribution >= 0.6 is 27.3 Å². The van der Waals surface area contributed by atoms with Gasteiger partial charge >= 0.3 is 0 Å². The minimum Gasteiger partial charge on any atom is -0.388 e. The molecule has 0 radical (unpaired) electrons. The van der Waals surface area contributed by atoms with Gasteiger partial charge in [-0.15, -0.1) is 11.3 Å². The molecule has 0 bridgehead atoms. The van der Waals surface area contributed by atoms with E-state index in [9.17, 15) is 9.90 Å². The molecule has 0 saturated heterocycles. The van der Waals surface area contributed by atoms with Crippen molar-refractivity contribution in [3.8, 4) is 0 Å². The Balaban J connectivity index is 2.58. The fraction of sp³-hybridized carbons (Fsp3) is 0.545. The van der Waals surface area contributed by atoms with Crippen LogP contribution in [0.4, 0.5) is 0 Å². The predicted molar refractivity (Wildman–Crippen MR) is 69.8 cm³/mol. The number of carbonyl (C=O) groups is 1. The molecule has 0 aliphatic heterocycles. The summed E-state index contributed by atoms with van der Waals surface area (Å²) in [5.74, 6) is -0.0534. The van der Waals surface area contributed by atoms with E-state index in [1.165, 1.54) is 11.3 Å². The number of hydrogen-bond acceptors (Lipinski definition) is 3. The highest BCUT2D eigenvalue weighted by atomic mass is 79.9. The van der Waals surface area contributed by atoms with Crippen LogP contribution in [0.1, 0.15) is 30.4 Å². The maximum Gasteiger partial charge on any atom is 0.262 e. The van der Waals surface area contributed by atoms with Gasteiger partial charge in [0, 0.05) is 11.0 Å². The molecule has 1 aromatic rings. The van der Waals surface area contributed by atoms with Gasteiger partial charge in [0.25, 0.3) is 5.91 Å². The van der Waals surface area contributed by atoms with Crippen LogP contribution in [0.2, 0.25) is 0 Å². The lowest BCUT2D eigenvalue weighted by Gasteiger charge is -2.27. The molecule has 0 spiro atoms. The van der Waals surface area contributed by atoms with Crippen LogP contribution in [-0.4, -0.2) is 23.2 Å². The summed E-state index contributed by atoms with van der Waals surface area (Å²) < 4.78 is 0.791. The second-order valence-corrected chi connectivity index (χ2v) is 6.06. The molecule has 0 aliphatic carbocycles. The Bertz CT molecular complexity index is 374. The van der Waals surface area contributed by atoms with E-state index in [4.69, 9.17) is 0 Å². The highest BCUT2D eigenvalue weighted by molar-refractivity contribution is 9.10. The molecule has 90 valence electrons. The van der Waals surface area contributed by atoms with Gasteiger partial charge in [0.05, 0.1) is 5.60 Å². The third kappa shape index (κ3) is 3.30. The van der Waals surface area contributed by atoms with E-state index < -0.39 is 5.60 Å². The third-order valence-corrected chi connectivity index (χ3v) is 4.51. The first kappa shape index (κ1) is 13.7. The van der Waals surface area contributed by atoms with Gasteiger partial charge < -0.3 is 10.4 Å². The van der Waals surface area contributed by atoms with Crippen LogP contribution in [0.3, 0.4) is 0 Å². The molecule has 1 unspecified atom stereocenters. The molecular weight excluding hydrogens is 290 g/mol. The van der Waals surface area contributed by atoms with E-state index in [2.05, 4.69) is 21.2 Å². The molecule has 16 heavy (non-hydrogen) atoms. The van der Waals surface area contributed by atoms with Crippen LogP contribution in [-0.2, 0) is 0 Å². The van der Waals surface area contributed by atoms with Gasteiger partial charge in [0.2, 0.25) is 0 Å². The van der Waals surface area contributed by atoms with Gasteiger partial charge in [-0.3, -0.25) is 4.79 Å². The fourth-order valence-corrected chi connectivity index (χ4v) is 2.47. The van der Waals surface area contributed by atoms with Crippen molar-refractivity contribution < 1.29 is 9.90 Å². The van der Waals surface area contributed by atoms with E-state index in [0.717, 1.165) is 4.47 Å². The molecule has 3 nitrogen and oxygen atoms in total. The molecule has 1 atom stereocenters. The maximum atomic E-state index is 11.8. The SMILES string of the molecule is CC(C)C(C)(O)CNC(=O)c1sccc1Br. The zero-order valence-corrected chi connectivity index (χ0v) is 12.0. The fourth-order valence-electron chi connectivity index (χ4n) is 0.999. The number of hydrogen-bond donors (Lipinski definition) is 2. The number of carbonyl (C=O) groups excluding carboxylic acids is 1.